The van der Waals surface area contributed by atoms with Crippen LogP contribution in [0.1, 0.15) is 13.3 Å². The molecule has 1 fully saturated rings. The van der Waals surface area contributed by atoms with Crippen LogP contribution >= 0.6 is 0 Å². The van der Waals surface area contributed by atoms with E-state index >= 15 is 0 Å². The number of para-hydroxylation sites is 1. The van der Waals surface area contributed by atoms with Crippen LogP contribution in [-0.4, -0.2) is 43.7 Å². The van der Waals surface area contributed by atoms with E-state index in [9.17, 15) is 0 Å². The maximum atomic E-state index is 5.69. The van der Waals surface area contributed by atoms with Crippen molar-refractivity contribution < 1.29 is 4.74 Å². The fourth-order valence-corrected chi connectivity index (χ4v) is 2.19. The summed E-state index contributed by atoms with van der Waals surface area (Å²) in [7, 11) is 0. The summed E-state index contributed by atoms with van der Waals surface area (Å²) in [6, 6.07) is 10.7. The van der Waals surface area contributed by atoms with Crippen molar-refractivity contribution in [2.24, 2.45) is 0 Å². The molecule has 0 unspecified atom stereocenters. The van der Waals surface area contributed by atoms with E-state index in [1.165, 1.54) is 0 Å². The van der Waals surface area contributed by atoms with E-state index in [-0.39, 0.29) is 0 Å². The first-order valence-corrected chi connectivity index (χ1v) is 6.49. The Morgan fingerprint density at radius 3 is 2.94 bits per heavy atom. The molecule has 0 amide bonds. The Balaban J connectivity index is 1.63. The van der Waals surface area contributed by atoms with Crippen molar-refractivity contribution >= 4 is 0 Å². The Morgan fingerprint density at radius 2 is 2.18 bits per heavy atom. The van der Waals surface area contributed by atoms with Crippen LogP contribution in [0.5, 0.6) is 5.75 Å². The van der Waals surface area contributed by atoms with Crippen molar-refractivity contribution in [3.05, 3.63) is 30.3 Å². The minimum absolute atomic E-state index is 0.653. The number of nitrogens with zero attached hydrogens (tertiary/aromatic N) is 1. The van der Waals surface area contributed by atoms with Crippen LogP contribution in [0.4, 0.5) is 0 Å². The second-order valence-corrected chi connectivity index (χ2v) is 4.60. The van der Waals surface area contributed by atoms with Gasteiger partial charge >= 0.3 is 0 Å². The Labute approximate surface area is 104 Å². The highest BCUT2D eigenvalue weighted by molar-refractivity contribution is 5.20. The Kier molecular flexibility index (Phi) is 4.83. The van der Waals surface area contributed by atoms with E-state index in [2.05, 4.69) is 17.1 Å². The number of hydrogen-bond donors (Lipinski definition) is 1. The molecule has 2 rings (SSSR count). The number of benzene rings is 1. The van der Waals surface area contributed by atoms with Gasteiger partial charge in [0.1, 0.15) is 5.75 Å². The third kappa shape index (κ3) is 4.02. The molecule has 0 radical (unpaired) electrons. The zero-order chi connectivity index (χ0) is 11.9. The summed E-state index contributed by atoms with van der Waals surface area (Å²) in [4.78, 5) is 2.53. The normalized spacial score (nSPS) is 21.4. The van der Waals surface area contributed by atoms with Gasteiger partial charge in [0.05, 0.1) is 6.61 Å². The Morgan fingerprint density at radius 1 is 1.35 bits per heavy atom. The van der Waals surface area contributed by atoms with Crippen molar-refractivity contribution in [2.75, 3.05) is 32.8 Å². The van der Waals surface area contributed by atoms with Crippen molar-refractivity contribution in [1.82, 2.24) is 10.2 Å². The van der Waals surface area contributed by atoms with E-state index in [4.69, 9.17) is 4.74 Å². The number of hydrogen-bond acceptors (Lipinski definition) is 3. The van der Waals surface area contributed by atoms with Gasteiger partial charge in [-0.2, -0.15) is 0 Å². The van der Waals surface area contributed by atoms with Crippen LogP contribution in [0.2, 0.25) is 0 Å². The van der Waals surface area contributed by atoms with Crippen LogP contribution in [0.3, 0.4) is 0 Å². The third-order valence-corrected chi connectivity index (χ3v) is 3.24. The average Bonchev–Trinajstić information content (AvgIpc) is 2.38. The van der Waals surface area contributed by atoms with Gasteiger partial charge in [-0.1, -0.05) is 18.2 Å². The van der Waals surface area contributed by atoms with Gasteiger partial charge in [-0.25, -0.2) is 0 Å². The van der Waals surface area contributed by atoms with Crippen molar-refractivity contribution in [1.29, 1.82) is 0 Å². The Hall–Kier alpha value is -1.06. The van der Waals surface area contributed by atoms with Gasteiger partial charge in [-0.05, 0) is 25.5 Å². The number of nitrogens with one attached hydrogen (secondary N) is 1. The molecule has 1 aliphatic rings. The van der Waals surface area contributed by atoms with E-state index in [1.807, 2.05) is 30.3 Å². The molecule has 3 heteroatoms. The SMILES string of the molecule is C[C@@H]1CNCCN1CCCOc1ccccc1. The highest BCUT2D eigenvalue weighted by Gasteiger charge is 2.16. The molecule has 0 spiro atoms. The molecule has 1 aliphatic heterocycles. The molecule has 0 aliphatic carbocycles. The number of rotatable bonds is 5. The van der Waals surface area contributed by atoms with Crippen molar-refractivity contribution in [3.8, 4) is 5.75 Å². The summed E-state index contributed by atoms with van der Waals surface area (Å²) in [5.41, 5.74) is 0. The van der Waals surface area contributed by atoms with Gasteiger partial charge in [0.2, 0.25) is 0 Å². The molecule has 1 aromatic carbocycles. The van der Waals surface area contributed by atoms with Crippen LogP contribution in [0.25, 0.3) is 0 Å². The first kappa shape index (κ1) is 12.4. The predicted octanol–water partition coefficient (Wildman–Crippen LogP) is 1.75. The zero-order valence-electron chi connectivity index (χ0n) is 10.6. The van der Waals surface area contributed by atoms with Gasteiger partial charge in [-0.3, -0.25) is 4.90 Å². The molecular formula is C14H22N2O. The smallest absolute Gasteiger partial charge is 0.119 e. The average molecular weight is 234 g/mol. The largest absolute Gasteiger partial charge is 0.494 e. The molecular weight excluding hydrogens is 212 g/mol. The monoisotopic (exact) mass is 234 g/mol. The minimum atomic E-state index is 0.653. The lowest BCUT2D eigenvalue weighted by Gasteiger charge is -2.33. The first-order valence-electron chi connectivity index (χ1n) is 6.49. The second kappa shape index (κ2) is 6.62. The number of piperazine rings is 1. The lowest BCUT2D eigenvalue weighted by Crippen LogP contribution is -2.50. The molecule has 1 aromatic rings. The lowest BCUT2D eigenvalue weighted by atomic mass is 10.2. The van der Waals surface area contributed by atoms with E-state index in [1.54, 1.807) is 0 Å². The van der Waals surface area contributed by atoms with Crippen LogP contribution < -0.4 is 10.1 Å². The van der Waals surface area contributed by atoms with Gasteiger partial charge in [0.15, 0.2) is 0 Å². The molecule has 0 aromatic heterocycles. The van der Waals surface area contributed by atoms with E-state index in [0.717, 1.165) is 45.0 Å². The Bertz CT molecular complexity index is 315. The maximum Gasteiger partial charge on any atom is 0.119 e. The molecule has 0 bridgehead atoms. The fourth-order valence-electron chi connectivity index (χ4n) is 2.19. The summed E-state index contributed by atoms with van der Waals surface area (Å²) in [6.45, 7) is 7.61. The van der Waals surface area contributed by atoms with Crippen LogP contribution in [-0.2, 0) is 0 Å². The van der Waals surface area contributed by atoms with E-state index in [0.29, 0.717) is 6.04 Å². The summed E-state index contributed by atoms with van der Waals surface area (Å²) in [6.07, 6.45) is 1.10. The van der Waals surface area contributed by atoms with Gasteiger partial charge in [0.25, 0.3) is 0 Å². The molecule has 0 saturated carbocycles. The van der Waals surface area contributed by atoms with Crippen LogP contribution in [0, 0.1) is 0 Å². The zero-order valence-corrected chi connectivity index (χ0v) is 10.6. The van der Waals surface area contributed by atoms with E-state index < -0.39 is 0 Å². The highest BCUT2D eigenvalue weighted by Crippen LogP contribution is 2.09. The summed E-state index contributed by atoms with van der Waals surface area (Å²) in [5, 5.41) is 3.41. The van der Waals surface area contributed by atoms with Crippen molar-refractivity contribution in [2.45, 2.75) is 19.4 Å². The standard InChI is InChI=1S/C14H22N2O/c1-13-12-15-8-10-16(13)9-5-11-17-14-6-3-2-4-7-14/h2-4,6-7,13,15H,5,8-12H2,1H3/t13-/m1/s1. The summed E-state index contributed by atoms with van der Waals surface area (Å²) >= 11 is 0. The summed E-state index contributed by atoms with van der Waals surface area (Å²) in [5.74, 6) is 0.973. The maximum absolute atomic E-state index is 5.69. The fraction of sp³-hybridized carbons (Fsp3) is 0.571. The first-order chi connectivity index (χ1) is 8.36. The van der Waals surface area contributed by atoms with Crippen LogP contribution in [0.15, 0.2) is 30.3 Å². The molecule has 94 valence electrons. The second-order valence-electron chi connectivity index (χ2n) is 4.60. The molecule has 17 heavy (non-hydrogen) atoms. The van der Waals surface area contributed by atoms with Gasteiger partial charge in [0, 0.05) is 32.2 Å². The summed E-state index contributed by atoms with van der Waals surface area (Å²) < 4.78 is 5.69. The molecule has 1 atom stereocenters. The van der Waals surface area contributed by atoms with Crippen molar-refractivity contribution in [3.63, 3.8) is 0 Å². The number of ether oxygens (including phenoxy) is 1. The third-order valence-electron chi connectivity index (χ3n) is 3.24. The predicted molar refractivity (Wildman–Crippen MR) is 70.5 cm³/mol. The molecule has 1 N–H and O–H groups in total. The molecule has 1 heterocycles. The highest BCUT2D eigenvalue weighted by atomic mass is 16.5. The topological polar surface area (TPSA) is 24.5 Å². The lowest BCUT2D eigenvalue weighted by molar-refractivity contribution is 0.160. The quantitative estimate of drug-likeness (QED) is 0.786. The minimum Gasteiger partial charge on any atom is -0.494 e. The van der Waals surface area contributed by atoms with Gasteiger partial charge in [-0.15, -0.1) is 0 Å². The molecule has 3 nitrogen and oxygen atoms in total. The molecule has 1 saturated heterocycles. The van der Waals surface area contributed by atoms with Gasteiger partial charge < -0.3 is 10.1 Å².